The van der Waals surface area contributed by atoms with E-state index in [0.29, 0.717) is 23.9 Å². The van der Waals surface area contributed by atoms with Crippen molar-refractivity contribution in [1.82, 2.24) is 0 Å². The summed E-state index contributed by atoms with van der Waals surface area (Å²) in [4.78, 5) is 25.2. The van der Waals surface area contributed by atoms with Gasteiger partial charge in [-0.15, -0.1) is 0 Å². The van der Waals surface area contributed by atoms with Gasteiger partial charge in [-0.2, -0.15) is 0 Å². The number of carbonyl (C=O) groups is 2. The molecule has 5 nitrogen and oxygen atoms in total. The zero-order chi connectivity index (χ0) is 13.4. The quantitative estimate of drug-likeness (QED) is 0.817. The molecule has 1 fully saturated rings. The topological polar surface area (TPSA) is 58.6 Å². The lowest BCUT2D eigenvalue weighted by Gasteiger charge is -2.37. The Morgan fingerprint density at radius 3 is 3.05 bits per heavy atom. The number of Topliss-reactive ketones (excluding diaryl/α,β-unsaturated/α-hetero) is 1. The van der Waals surface area contributed by atoms with E-state index in [0.717, 1.165) is 25.3 Å². The fourth-order valence-electron chi connectivity index (χ4n) is 2.65. The highest BCUT2D eigenvalue weighted by Crippen LogP contribution is 2.30. The maximum absolute atomic E-state index is 11.6. The fourth-order valence-corrected chi connectivity index (χ4v) is 2.65. The van der Waals surface area contributed by atoms with Gasteiger partial charge in [0.2, 0.25) is 0 Å². The van der Waals surface area contributed by atoms with Gasteiger partial charge in [0.1, 0.15) is 0 Å². The summed E-state index contributed by atoms with van der Waals surface area (Å²) in [6, 6.07) is 5.86. The number of anilines is 2. The van der Waals surface area contributed by atoms with Crippen LogP contribution in [0.2, 0.25) is 0 Å². The molecule has 1 unspecified atom stereocenters. The smallest absolute Gasteiger partial charge is 0.296 e. The Kier molecular flexibility index (Phi) is 2.98. The molecule has 2 heterocycles. The van der Waals surface area contributed by atoms with Crippen LogP contribution >= 0.6 is 0 Å². The third kappa shape index (κ3) is 2.00. The van der Waals surface area contributed by atoms with Crippen molar-refractivity contribution in [1.29, 1.82) is 0 Å². The molecule has 1 aromatic rings. The minimum absolute atomic E-state index is 0.347. The number of ether oxygens (including phenoxy) is 1. The van der Waals surface area contributed by atoms with E-state index in [9.17, 15) is 9.59 Å². The van der Waals surface area contributed by atoms with E-state index in [1.54, 1.807) is 6.07 Å². The van der Waals surface area contributed by atoms with Crippen LogP contribution in [0, 0.1) is 0 Å². The number of nitrogens with zero attached hydrogens (tertiary/aromatic N) is 1. The van der Waals surface area contributed by atoms with Crippen molar-refractivity contribution in [2.75, 3.05) is 30.0 Å². The molecule has 19 heavy (non-hydrogen) atoms. The zero-order valence-corrected chi connectivity index (χ0v) is 10.8. The summed E-state index contributed by atoms with van der Waals surface area (Å²) in [5.41, 5.74) is 2.12. The number of rotatable bonds is 2. The van der Waals surface area contributed by atoms with Crippen LogP contribution < -0.4 is 10.2 Å². The minimum atomic E-state index is -0.541. The molecule has 2 aliphatic heterocycles. The molecule has 0 radical (unpaired) electrons. The lowest BCUT2D eigenvalue weighted by Crippen LogP contribution is -2.45. The second-order valence-corrected chi connectivity index (χ2v) is 4.84. The third-order valence-electron chi connectivity index (χ3n) is 3.73. The number of hydrogen-bond donors (Lipinski definition) is 1. The van der Waals surface area contributed by atoms with Crippen molar-refractivity contribution in [3.63, 3.8) is 0 Å². The first-order chi connectivity index (χ1) is 9.20. The number of ketones is 1. The number of morpholine rings is 1. The molecule has 0 bridgehead atoms. The largest absolute Gasteiger partial charge is 0.377 e. The molecule has 1 aromatic carbocycles. The Balaban J connectivity index is 1.92. The van der Waals surface area contributed by atoms with Crippen LogP contribution in [0.4, 0.5) is 11.4 Å². The molecule has 0 saturated carbocycles. The first-order valence-electron chi connectivity index (χ1n) is 6.55. The normalized spacial score (nSPS) is 22.4. The average molecular weight is 260 g/mol. The molecule has 0 aromatic heterocycles. The number of benzene rings is 1. The fraction of sp³-hybridized carbons (Fsp3) is 0.429. The SMILES string of the molecule is CCC1COCCN1c1ccc2c(c1)NC(=O)C2=O. The Bertz CT molecular complexity index is 541. The molecule has 1 atom stereocenters. The highest BCUT2D eigenvalue weighted by atomic mass is 16.5. The molecule has 3 rings (SSSR count). The maximum atomic E-state index is 11.6. The van der Waals surface area contributed by atoms with E-state index in [2.05, 4.69) is 17.1 Å². The number of fused-ring (bicyclic) bond motifs is 1. The van der Waals surface area contributed by atoms with Crippen LogP contribution in [-0.4, -0.2) is 37.5 Å². The number of hydrogen-bond acceptors (Lipinski definition) is 4. The molecule has 0 aliphatic carbocycles. The summed E-state index contributed by atoms with van der Waals surface area (Å²) >= 11 is 0. The van der Waals surface area contributed by atoms with Gasteiger partial charge in [0.05, 0.1) is 30.5 Å². The standard InChI is InChI=1S/C14H16N2O3/c1-2-9-8-19-6-5-16(9)10-3-4-11-12(7-10)15-14(18)13(11)17/h3-4,7,9H,2,5-6,8H2,1H3,(H,15,17,18). The van der Waals surface area contributed by atoms with Gasteiger partial charge < -0.3 is 15.0 Å². The third-order valence-corrected chi connectivity index (χ3v) is 3.73. The van der Waals surface area contributed by atoms with E-state index in [4.69, 9.17) is 4.74 Å². The van der Waals surface area contributed by atoms with Gasteiger partial charge >= 0.3 is 0 Å². The molecule has 2 aliphatic rings. The van der Waals surface area contributed by atoms with E-state index in [-0.39, 0.29) is 0 Å². The number of amides is 1. The summed E-state index contributed by atoms with van der Waals surface area (Å²) in [7, 11) is 0. The van der Waals surface area contributed by atoms with Gasteiger partial charge in [-0.25, -0.2) is 0 Å². The van der Waals surface area contributed by atoms with Gasteiger partial charge in [0.15, 0.2) is 0 Å². The molecular formula is C14H16N2O3. The lowest BCUT2D eigenvalue weighted by atomic mass is 10.1. The maximum Gasteiger partial charge on any atom is 0.296 e. The van der Waals surface area contributed by atoms with Crippen molar-refractivity contribution in [2.45, 2.75) is 19.4 Å². The molecule has 1 amide bonds. The second kappa shape index (κ2) is 4.66. The van der Waals surface area contributed by atoms with Crippen molar-refractivity contribution in [3.8, 4) is 0 Å². The van der Waals surface area contributed by atoms with Crippen LogP contribution in [0.3, 0.4) is 0 Å². The van der Waals surface area contributed by atoms with E-state index in [1.807, 2.05) is 12.1 Å². The van der Waals surface area contributed by atoms with Crippen molar-refractivity contribution < 1.29 is 14.3 Å². The molecule has 1 N–H and O–H groups in total. The highest BCUT2D eigenvalue weighted by Gasteiger charge is 2.29. The van der Waals surface area contributed by atoms with Crippen molar-refractivity contribution in [3.05, 3.63) is 23.8 Å². The Labute approximate surface area is 111 Å². The predicted molar refractivity (Wildman–Crippen MR) is 71.6 cm³/mol. The van der Waals surface area contributed by atoms with Crippen molar-refractivity contribution >= 4 is 23.1 Å². The van der Waals surface area contributed by atoms with Gasteiger partial charge in [-0.05, 0) is 24.6 Å². The Morgan fingerprint density at radius 2 is 2.26 bits per heavy atom. The van der Waals surface area contributed by atoms with Crippen LogP contribution in [0.1, 0.15) is 23.7 Å². The number of nitrogens with one attached hydrogen (secondary N) is 1. The molecule has 1 saturated heterocycles. The van der Waals surface area contributed by atoms with E-state index >= 15 is 0 Å². The summed E-state index contributed by atoms with van der Waals surface area (Å²) in [5.74, 6) is -0.989. The van der Waals surface area contributed by atoms with Crippen molar-refractivity contribution in [2.24, 2.45) is 0 Å². The second-order valence-electron chi connectivity index (χ2n) is 4.84. The highest BCUT2D eigenvalue weighted by molar-refractivity contribution is 6.51. The van der Waals surface area contributed by atoms with Crippen LogP contribution in [0.5, 0.6) is 0 Å². The summed E-state index contributed by atoms with van der Waals surface area (Å²) in [6.07, 6.45) is 1.00. The van der Waals surface area contributed by atoms with Crippen LogP contribution in [0.25, 0.3) is 0 Å². The molecule has 100 valence electrons. The average Bonchev–Trinajstić information content (AvgIpc) is 2.73. The minimum Gasteiger partial charge on any atom is -0.377 e. The van der Waals surface area contributed by atoms with E-state index < -0.39 is 11.7 Å². The zero-order valence-electron chi connectivity index (χ0n) is 10.8. The summed E-state index contributed by atoms with van der Waals surface area (Å²) in [5, 5.41) is 2.61. The molecular weight excluding hydrogens is 244 g/mol. The first kappa shape index (κ1) is 12.2. The molecule has 5 heteroatoms. The van der Waals surface area contributed by atoms with Crippen LogP contribution in [0.15, 0.2) is 18.2 Å². The Hall–Kier alpha value is -1.88. The monoisotopic (exact) mass is 260 g/mol. The van der Waals surface area contributed by atoms with Crippen LogP contribution in [-0.2, 0) is 9.53 Å². The predicted octanol–water partition coefficient (Wildman–Crippen LogP) is 1.44. The lowest BCUT2D eigenvalue weighted by molar-refractivity contribution is -0.112. The van der Waals surface area contributed by atoms with Gasteiger partial charge in [-0.1, -0.05) is 6.92 Å². The van der Waals surface area contributed by atoms with Gasteiger partial charge in [0.25, 0.3) is 11.7 Å². The number of carbonyl (C=O) groups excluding carboxylic acids is 2. The van der Waals surface area contributed by atoms with Gasteiger partial charge in [-0.3, -0.25) is 9.59 Å². The molecule has 0 spiro atoms. The van der Waals surface area contributed by atoms with E-state index in [1.165, 1.54) is 0 Å². The summed E-state index contributed by atoms with van der Waals surface area (Å²) < 4.78 is 5.49. The Morgan fingerprint density at radius 1 is 1.42 bits per heavy atom. The van der Waals surface area contributed by atoms with Gasteiger partial charge in [0, 0.05) is 12.2 Å². The first-order valence-corrected chi connectivity index (χ1v) is 6.55. The summed E-state index contributed by atoms with van der Waals surface area (Å²) in [6.45, 7) is 4.39.